The van der Waals surface area contributed by atoms with Crippen LogP contribution >= 0.6 is 0 Å². The van der Waals surface area contributed by atoms with Gasteiger partial charge in [0.05, 0.1) is 14.2 Å². The zero-order valence-electron chi connectivity index (χ0n) is 18.1. The van der Waals surface area contributed by atoms with Crippen LogP contribution in [0, 0.1) is 0 Å². The number of fused-ring (bicyclic) bond motifs is 1. The lowest BCUT2D eigenvalue weighted by molar-refractivity contribution is 0.0592. The Bertz CT molecular complexity index is 1040. The molecule has 0 aliphatic carbocycles. The average Bonchev–Trinajstić information content (AvgIpc) is 3.13. The van der Waals surface area contributed by atoms with Gasteiger partial charge in [0.25, 0.3) is 5.91 Å². The van der Waals surface area contributed by atoms with E-state index in [2.05, 4.69) is 23.1 Å². The molecule has 0 bridgehead atoms. The fraction of sp³-hybridized carbons (Fsp3) is 0.400. The summed E-state index contributed by atoms with van der Waals surface area (Å²) in [5.74, 6) is 1.64. The summed E-state index contributed by atoms with van der Waals surface area (Å²) < 4.78 is 12.8. The molecular formula is C25H30N2O3. The van der Waals surface area contributed by atoms with Crippen LogP contribution in [0.3, 0.4) is 0 Å². The predicted octanol–water partition coefficient (Wildman–Crippen LogP) is 4.82. The molecule has 1 saturated heterocycles. The molecule has 5 heteroatoms. The third kappa shape index (κ3) is 3.89. The van der Waals surface area contributed by atoms with E-state index in [1.807, 2.05) is 41.9 Å². The molecule has 1 atom stereocenters. The first-order valence-electron chi connectivity index (χ1n) is 10.7. The Morgan fingerprint density at radius 2 is 1.83 bits per heavy atom. The van der Waals surface area contributed by atoms with Crippen LogP contribution in [0.2, 0.25) is 0 Å². The first-order chi connectivity index (χ1) is 14.6. The van der Waals surface area contributed by atoms with Gasteiger partial charge in [0, 0.05) is 30.5 Å². The number of piperidine rings is 1. The van der Waals surface area contributed by atoms with Gasteiger partial charge in [-0.25, -0.2) is 0 Å². The maximum absolute atomic E-state index is 13.5. The topological polar surface area (TPSA) is 43.7 Å². The van der Waals surface area contributed by atoms with Gasteiger partial charge in [0.1, 0.15) is 5.69 Å². The van der Waals surface area contributed by atoms with Crippen LogP contribution in [0.1, 0.15) is 41.7 Å². The van der Waals surface area contributed by atoms with Crippen LogP contribution in [0.15, 0.2) is 48.5 Å². The molecule has 5 nitrogen and oxygen atoms in total. The van der Waals surface area contributed by atoms with Crippen LogP contribution in [-0.2, 0) is 13.5 Å². The number of para-hydroxylation sites is 1. The largest absolute Gasteiger partial charge is 0.493 e. The molecule has 158 valence electrons. The van der Waals surface area contributed by atoms with Gasteiger partial charge in [0.15, 0.2) is 11.5 Å². The normalized spacial score (nSPS) is 16.6. The molecular weight excluding hydrogens is 376 g/mol. The Kier molecular flexibility index (Phi) is 5.98. The number of likely N-dealkylation sites (tertiary alicyclic amines) is 1. The van der Waals surface area contributed by atoms with E-state index in [-0.39, 0.29) is 11.9 Å². The second kappa shape index (κ2) is 8.82. The number of rotatable bonds is 6. The number of aromatic nitrogens is 1. The van der Waals surface area contributed by atoms with Crippen molar-refractivity contribution in [3.63, 3.8) is 0 Å². The Balaban J connectivity index is 1.51. The molecule has 30 heavy (non-hydrogen) atoms. The van der Waals surface area contributed by atoms with E-state index in [0.29, 0.717) is 0 Å². The van der Waals surface area contributed by atoms with Crippen molar-refractivity contribution in [3.05, 3.63) is 59.8 Å². The van der Waals surface area contributed by atoms with E-state index >= 15 is 0 Å². The van der Waals surface area contributed by atoms with E-state index in [1.54, 1.807) is 14.2 Å². The summed E-state index contributed by atoms with van der Waals surface area (Å²) in [6, 6.07) is 16.5. The molecule has 1 aliphatic heterocycles. The van der Waals surface area contributed by atoms with E-state index in [0.717, 1.165) is 60.3 Å². The molecule has 1 aromatic heterocycles. The number of aryl methyl sites for hydroxylation is 2. The van der Waals surface area contributed by atoms with Gasteiger partial charge >= 0.3 is 0 Å². The van der Waals surface area contributed by atoms with E-state index in [4.69, 9.17) is 9.47 Å². The number of carbonyl (C=O) groups is 1. The minimum Gasteiger partial charge on any atom is -0.493 e. The minimum atomic E-state index is 0.144. The lowest BCUT2D eigenvalue weighted by atomic mass is 9.95. The first-order valence-corrected chi connectivity index (χ1v) is 10.7. The molecule has 1 fully saturated rings. The monoisotopic (exact) mass is 406 g/mol. The van der Waals surface area contributed by atoms with Crippen molar-refractivity contribution in [2.75, 3.05) is 20.8 Å². The third-order valence-corrected chi connectivity index (χ3v) is 6.27. The first kappa shape index (κ1) is 20.3. The summed E-state index contributed by atoms with van der Waals surface area (Å²) in [5.41, 5.74) is 3.07. The smallest absolute Gasteiger partial charge is 0.270 e. The fourth-order valence-electron chi connectivity index (χ4n) is 4.58. The van der Waals surface area contributed by atoms with Crippen LogP contribution in [-0.4, -0.2) is 42.2 Å². The van der Waals surface area contributed by atoms with E-state index in [1.165, 1.54) is 12.0 Å². The molecule has 2 aromatic carbocycles. The van der Waals surface area contributed by atoms with Crippen molar-refractivity contribution >= 4 is 16.8 Å². The van der Waals surface area contributed by atoms with Gasteiger partial charge < -0.3 is 18.9 Å². The molecule has 1 amide bonds. The molecule has 0 spiro atoms. The van der Waals surface area contributed by atoms with Crippen LogP contribution in [0.25, 0.3) is 10.9 Å². The van der Waals surface area contributed by atoms with Crippen LogP contribution < -0.4 is 9.47 Å². The minimum absolute atomic E-state index is 0.144. The molecule has 0 saturated carbocycles. The Morgan fingerprint density at radius 3 is 2.60 bits per heavy atom. The quantitative estimate of drug-likeness (QED) is 0.589. The maximum atomic E-state index is 13.5. The second-order valence-corrected chi connectivity index (χ2v) is 8.02. The number of methoxy groups -OCH3 is 2. The lowest BCUT2D eigenvalue weighted by Crippen LogP contribution is -2.44. The highest BCUT2D eigenvalue weighted by atomic mass is 16.5. The van der Waals surface area contributed by atoms with Crippen molar-refractivity contribution in [3.8, 4) is 11.5 Å². The molecule has 3 aromatic rings. The van der Waals surface area contributed by atoms with Gasteiger partial charge in [-0.05, 0) is 61.9 Å². The van der Waals surface area contributed by atoms with Gasteiger partial charge in [-0.15, -0.1) is 0 Å². The Hall–Kier alpha value is -2.95. The van der Waals surface area contributed by atoms with Crippen LogP contribution in [0.4, 0.5) is 0 Å². The molecule has 1 unspecified atom stereocenters. The van der Waals surface area contributed by atoms with Crippen LogP contribution in [0.5, 0.6) is 11.5 Å². The number of hydrogen-bond acceptors (Lipinski definition) is 3. The Morgan fingerprint density at radius 1 is 1.03 bits per heavy atom. The fourth-order valence-corrected chi connectivity index (χ4v) is 4.58. The van der Waals surface area contributed by atoms with Crippen molar-refractivity contribution < 1.29 is 14.3 Å². The number of benzene rings is 2. The predicted molar refractivity (Wildman–Crippen MR) is 119 cm³/mol. The molecule has 0 N–H and O–H groups in total. The molecule has 1 aliphatic rings. The SMILES string of the molecule is COc1ccc(CCC2CCCCN2C(=O)c2cc3ccccc3n2C)cc1OC. The summed E-state index contributed by atoms with van der Waals surface area (Å²) in [5, 5.41) is 1.11. The number of nitrogens with zero attached hydrogens (tertiary/aromatic N) is 2. The molecule has 2 heterocycles. The lowest BCUT2D eigenvalue weighted by Gasteiger charge is -2.36. The highest BCUT2D eigenvalue weighted by molar-refractivity contribution is 5.98. The number of carbonyl (C=O) groups excluding carboxylic acids is 1. The third-order valence-electron chi connectivity index (χ3n) is 6.27. The standard InChI is InChI=1S/C25H30N2O3/c1-26-21-10-5-4-8-19(21)17-22(26)25(28)27-15-7-6-9-20(27)13-11-18-12-14-23(29-2)24(16-18)30-3/h4-5,8,10,12,14,16-17,20H,6-7,9,11,13,15H2,1-3H3. The maximum Gasteiger partial charge on any atom is 0.270 e. The number of hydrogen-bond donors (Lipinski definition) is 0. The zero-order valence-corrected chi connectivity index (χ0v) is 18.1. The highest BCUT2D eigenvalue weighted by Gasteiger charge is 2.29. The summed E-state index contributed by atoms with van der Waals surface area (Å²) in [7, 11) is 5.29. The summed E-state index contributed by atoms with van der Waals surface area (Å²) in [6.45, 7) is 0.830. The highest BCUT2D eigenvalue weighted by Crippen LogP contribution is 2.30. The van der Waals surface area contributed by atoms with Crippen molar-refractivity contribution in [2.45, 2.75) is 38.1 Å². The van der Waals surface area contributed by atoms with E-state index < -0.39 is 0 Å². The summed E-state index contributed by atoms with van der Waals surface area (Å²) >= 11 is 0. The summed E-state index contributed by atoms with van der Waals surface area (Å²) in [6.07, 6.45) is 5.16. The number of ether oxygens (including phenoxy) is 2. The van der Waals surface area contributed by atoms with Crippen molar-refractivity contribution in [2.24, 2.45) is 7.05 Å². The van der Waals surface area contributed by atoms with Gasteiger partial charge in [-0.2, -0.15) is 0 Å². The van der Waals surface area contributed by atoms with Gasteiger partial charge in [-0.3, -0.25) is 4.79 Å². The van der Waals surface area contributed by atoms with Crippen molar-refractivity contribution in [1.29, 1.82) is 0 Å². The van der Waals surface area contributed by atoms with Gasteiger partial charge in [-0.1, -0.05) is 24.3 Å². The van der Waals surface area contributed by atoms with E-state index in [9.17, 15) is 4.79 Å². The second-order valence-electron chi connectivity index (χ2n) is 8.02. The Labute approximate surface area is 178 Å². The van der Waals surface area contributed by atoms with Crippen molar-refractivity contribution in [1.82, 2.24) is 9.47 Å². The molecule has 0 radical (unpaired) electrons. The average molecular weight is 407 g/mol. The van der Waals surface area contributed by atoms with Gasteiger partial charge in [0.2, 0.25) is 0 Å². The number of amides is 1. The summed E-state index contributed by atoms with van der Waals surface area (Å²) in [4.78, 5) is 15.6. The zero-order chi connectivity index (χ0) is 21.1. The molecule has 4 rings (SSSR count).